The van der Waals surface area contributed by atoms with Gasteiger partial charge in [0, 0.05) is 19.7 Å². The minimum absolute atomic E-state index is 0.0419. The van der Waals surface area contributed by atoms with Gasteiger partial charge in [0.05, 0.1) is 16.3 Å². The molecule has 3 heterocycles. The Labute approximate surface area is 196 Å². The first-order valence-electron chi connectivity index (χ1n) is 9.93. The van der Waals surface area contributed by atoms with Crippen molar-refractivity contribution in [1.29, 1.82) is 0 Å². The third kappa shape index (κ3) is 4.56. The normalized spacial score (nSPS) is 22.2. The number of nitrogens with zero attached hydrogens (tertiary/aromatic N) is 4. The van der Waals surface area contributed by atoms with Crippen molar-refractivity contribution < 1.29 is 27.6 Å². The van der Waals surface area contributed by atoms with Gasteiger partial charge in [0.2, 0.25) is 6.10 Å². The lowest BCUT2D eigenvalue weighted by Crippen LogP contribution is -2.55. The molecule has 14 heteroatoms. The Morgan fingerprint density at radius 3 is 2.71 bits per heavy atom. The van der Waals surface area contributed by atoms with Crippen molar-refractivity contribution in [1.82, 2.24) is 21.2 Å². The van der Waals surface area contributed by atoms with Gasteiger partial charge in [0.1, 0.15) is 11.4 Å². The number of rotatable bonds is 5. The van der Waals surface area contributed by atoms with Crippen LogP contribution in [0.1, 0.15) is 18.9 Å². The van der Waals surface area contributed by atoms with E-state index in [1.165, 1.54) is 12.1 Å². The fourth-order valence-electron chi connectivity index (χ4n) is 3.40. The molecular formula is C20H19ClF3N7O3. The number of carbonyl (C=O) groups excluding carboxylic acids is 2. The summed E-state index contributed by atoms with van der Waals surface area (Å²) in [6.07, 6.45) is -4.99. The number of anilines is 2. The smallest absolute Gasteiger partial charge is 0.382 e. The van der Waals surface area contributed by atoms with Gasteiger partial charge in [-0.2, -0.15) is 18.6 Å². The number of hydrogen-bond acceptors (Lipinski definition) is 7. The summed E-state index contributed by atoms with van der Waals surface area (Å²) in [6.45, 7) is 1.67. The summed E-state index contributed by atoms with van der Waals surface area (Å²) in [5, 5.41) is 8.84. The first-order valence-corrected chi connectivity index (χ1v) is 10.3. The van der Waals surface area contributed by atoms with Gasteiger partial charge in [-0.1, -0.05) is 35.0 Å². The van der Waals surface area contributed by atoms with Gasteiger partial charge in [-0.25, -0.2) is 14.8 Å². The molecule has 3 N–H and O–H groups in total. The number of benzene rings is 1. The van der Waals surface area contributed by atoms with E-state index >= 15 is 0 Å². The van der Waals surface area contributed by atoms with Crippen LogP contribution in [0.25, 0.3) is 0 Å². The second-order valence-electron chi connectivity index (χ2n) is 7.74. The van der Waals surface area contributed by atoms with Gasteiger partial charge in [-0.3, -0.25) is 15.2 Å². The highest BCUT2D eigenvalue weighted by atomic mass is 35.5. The van der Waals surface area contributed by atoms with Gasteiger partial charge in [0.25, 0.3) is 5.91 Å². The fourth-order valence-corrected chi connectivity index (χ4v) is 3.70. The van der Waals surface area contributed by atoms with E-state index in [1.54, 1.807) is 31.2 Å². The Balaban J connectivity index is 1.39. The average Bonchev–Trinajstić information content (AvgIpc) is 3.39. The zero-order chi connectivity index (χ0) is 24.7. The Kier molecular flexibility index (Phi) is 6.00. The predicted molar refractivity (Wildman–Crippen MR) is 117 cm³/mol. The number of carbonyl (C=O) groups is 2. The molecule has 0 radical (unpaired) electrons. The topological polar surface area (TPSA) is 111 Å². The Morgan fingerprint density at radius 2 is 2.06 bits per heavy atom. The molecule has 0 spiro atoms. The van der Waals surface area contributed by atoms with Crippen molar-refractivity contribution in [2.75, 3.05) is 17.1 Å². The van der Waals surface area contributed by atoms with E-state index in [0.29, 0.717) is 23.7 Å². The van der Waals surface area contributed by atoms with Crippen LogP contribution < -0.4 is 26.2 Å². The van der Waals surface area contributed by atoms with Crippen molar-refractivity contribution >= 4 is 40.8 Å². The number of halogens is 4. The summed E-state index contributed by atoms with van der Waals surface area (Å²) in [5.41, 5.74) is 4.34. The molecule has 0 saturated carbocycles. The molecule has 0 unspecified atom stereocenters. The molecule has 10 nitrogen and oxygen atoms in total. The number of nitrogens with one attached hydrogen (secondary N) is 3. The largest absolute Gasteiger partial charge is 0.417 e. The number of para-hydroxylation sites is 1. The highest BCUT2D eigenvalue weighted by molar-refractivity contribution is 6.33. The van der Waals surface area contributed by atoms with Crippen LogP contribution in [0.5, 0.6) is 0 Å². The van der Waals surface area contributed by atoms with Crippen LogP contribution in [0.3, 0.4) is 0 Å². The lowest BCUT2D eigenvalue weighted by atomic mass is 10.0. The molecule has 0 aliphatic carbocycles. The van der Waals surface area contributed by atoms with Crippen molar-refractivity contribution in [3.8, 4) is 0 Å². The molecule has 2 aromatic rings. The first kappa shape index (κ1) is 23.6. The molecule has 1 aromatic carbocycles. The molecule has 2 aliphatic heterocycles. The summed E-state index contributed by atoms with van der Waals surface area (Å²) in [5.74, 6) is -0.718. The Morgan fingerprint density at radius 1 is 1.35 bits per heavy atom. The molecule has 2 atom stereocenters. The highest BCUT2D eigenvalue weighted by Gasteiger charge is 2.47. The van der Waals surface area contributed by atoms with E-state index in [2.05, 4.69) is 26.3 Å². The summed E-state index contributed by atoms with van der Waals surface area (Å²) in [6, 6.07) is 9.19. The number of oxime groups is 1. The molecule has 1 fully saturated rings. The lowest BCUT2D eigenvalue weighted by Gasteiger charge is -2.24. The number of alkyl halides is 3. The summed E-state index contributed by atoms with van der Waals surface area (Å²) in [7, 11) is 1.37. The van der Waals surface area contributed by atoms with E-state index in [-0.39, 0.29) is 17.3 Å². The maximum absolute atomic E-state index is 12.8. The third-order valence-corrected chi connectivity index (χ3v) is 5.47. The number of pyridine rings is 1. The SMILES string of the molecule is CN(NC(=O)[C@H]1CC([C@@]2(C)NC(=O)N(c3ccccc3)N2)=NO1)c1ncc(C(F)(F)F)cc1Cl. The second kappa shape index (κ2) is 8.65. The first-order chi connectivity index (χ1) is 16.0. The second-order valence-corrected chi connectivity index (χ2v) is 8.14. The molecule has 1 saturated heterocycles. The van der Waals surface area contributed by atoms with E-state index < -0.39 is 35.4 Å². The minimum atomic E-state index is -4.60. The van der Waals surface area contributed by atoms with Gasteiger partial charge in [0.15, 0.2) is 5.82 Å². The summed E-state index contributed by atoms with van der Waals surface area (Å²) < 4.78 is 38.4. The number of amides is 3. The predicted octanol–water partition coefficient (Wildman–Crippen LogP) is 2.82. The quantitative estimate of drug-likeness (QED) is 0.548. The Hall–Kier alpha value is -3.58. The number of hydrogen-bond donors (Lipinski definition) is 3. The highest BCUT2D eigenvalue weighted by Crippen LogP contribution is 2.33. The maximum atomic E-state index is 12.8. The number of hydrazine groups is 2. The van der Waals surface area contributed by atoms with E-state index in [0.717, 1.165) is 5.01 Å². The zero-order valence-corrected chi connectivity index (χ0v) is 18.6. The van der Waals surface area contributed by atoms with E-state index in [1.807, 2.05) is 6.07 Å². The van der Waals surface area contributed by atoms with Crippen molar-refractivity contribution in [2.24, 2.45) is 5.16 Å². The molecule has 180 valence electrons. The summed E-state index contributed by atoms with van der Waals surface area (Å²) >= 11 is 5.92. The van der Waals surface area contributed by atoms with Crippen LogP contribution in [-0.4, -0.2) is 41.4 Å². The third-order valence-electron chi connectivity index (χ3n) is 5.19. The lowest BCUT2D eigenvalue weighted by molar-refractivity contribution is -0.138. The van der Waals surface area contributed by atoms with Crippen LogP contribution in [0.4, 0.5) is 29.5 Å². The molecule has 34 heavy (non-hydrogen) atoms. The molecule has 0 bridgehead atoms. The fraction of sp³-hybridized carbons (Fsp3) is 0.300. The maximum Gasteiger partial charge on any atom is 0.417 e. The van der Waals surface area contributed by atoms with Gasteiger partial charge in [-0.05, 0) is 25.1 Å². The standard InChI is InChI=1S/C20H19ClF3N7O3/c1-19(26-18(33)31(29-19)12-6-4-3-5-7-12)15-9-14(34-28-15)17(32)27-30(2)16-13(21)8-11(10-25-16)20(22,23)24/h3-8,10,14,29H,9H2,1-2H3,(H,26,33)(H,27,32)/t14-,19+/m1/s1. The molecule has 1 aromatic heterocycles. The zero-order valence-electron chi connectivity index (χ0n) is 17.9. The van der Waals surface area contributed by atoms with Gasteiger partial charge in [-0.15, -0.1) is 0 Å². The average molecular weight is 498 g/mol. The van der Waals surface area contributed by atoms with Crippen LogP contribution in [0.2, 0.25) is 5.02 Å². The monoisotopic (exact) mass is 497 g/mol. The number of aromatic nitrogens is 1. The summed E-state index contributed by atoms with van der Waals surface area (Å²) in [4.78, 5) is 34.1. The Bertz CT molecular complexity index is 1150. The van der Waals surface area contributed by atoms with Crippen LogP contribution >= 0.6 is 11.6 Å². The molecular weight excluding hydrogens is 479 g/mol. The van der Waals surface area contributed by atoms with Crippen molar-refractivity contribution in [3.05, 3.63) is 53.2 Å². The van der Waals surface area contributed by atoms with E-state index in [4.69, 9.17) is 16.4 Å². The van der Waals surface area contributed by atoms with Gasteiger partial charge >= 0.3 is 12.2 Å². The molecule has 3 amide bonds. The molecule has 4 rings (SSSR count). The minimum Gasteiger partial charge on any atom is -0.382 e. The van der Waals surface area contributed by atoms with Crippen LogP contribution in [0, 0.1) is 0 Å². The number of urea groups is 1. The van der Waals surface area contributed by atoms with Gasteiger partial charge < -0.3 is 10.2 Å². The van der Waals surface area contributed by atoms with Crippen molar-refractivity contribution in [2.45, 2.75) is 31.3 Å². The van der Waals surface area contributed by atoms with Crippen LogP contribution in [0.15, 0.2) is 47.8 Å². The van der Waals surface area contributed by atoms with Crippen LogP contribution in [-0.2, 0) is 15.8 Å². The molecule has 2 aliphatic rings. The van der Waals surface area contributed by atoms with E-state index in [9.17, 15) is 22.8 Å². The van der Waals surface area contributed by atoms with Crippen molar-refractivity contribution in [3.63, 3.8) is 0 Å².